The number of hydrogen-bond donors (Lipinski definition) is 1. The standard InChI is InChI=1S/C27H20F3N5O3/c1-27(2,36)25-32-11-13(12-33-25)15-8-18-17(9-16(15)28)34-24-22-10-19(35(18)24)23-14(20(37-22)6-7-31)4-3-5-21(23)38-26(29)30/h3-6,8-9,11-12,19,22,26,36H,10H2,1-2H3/t19-,22-/m1/s1. The van der Waals surface area contributed by atoms with Crippen LogP contribution in [0.5, 0.6) is 5.75 Å². The molecule has 1 N–H and O–H groups in total. The van der Waals surface area contributed by atoms with Crippen LogP contribution in [0.4, 0.5) is 13.2 Å². The molecule has 0 aliphatic carbocycles. The Bertz CT molecular complexity index is 1650. The van der Waals surface area contributed by atoms with E-state index < -0.39 is 30.2 Å². The van der Waals surface area contributed by atoms with Gasteiger partial charge in [0, 0.05) is 47.1 Å². The summed E-state index contributed by atoms with van der Waals surface area (Å²) >= 11 is 0. The zero-order valence-corrected chi connectivity index (χ0v) is 20.2. The third kappa shape index (κ3) is 3.76. The Kier molecular flexibility index (Phi) is 5.39. The van der Waals surface area contributed by atoms with Gasteiger partial charge in [-0.3, -0.25) is 0 Å². The summed E-state index contributed by atoms with van der Waals surface area (Å²) in [5, 5.41) is 19.5. The monoisotopic (exact) mass is 519 g/mol. The number of aromatic nitrogens is 4. The maximum Gasteiger partial charge on any atom is 0.387 e. The SMILES string of the molecule is CC(C)(O)c1ncc(-c2cc3c(cc2F)nc2n3[C@@H]3C[C@H]2OC(=CC#N)c2cccc(OC(F)F)c23)cn1. The van der Waals surface area contributed by atoms with Gasteiger partial charge in [0.2, 0.25) is 0 Å². The molecule has 0 fully saturated rings. The summed E-state index contributed by atoms with van der Waals surface area (Å²) in [7, 11) is 0. The Labute approximate surface area is 214 Å². The largest absolute Gasteiger partial charge is 0.481 e. The van der Waals surface area contributed by atoms with Crippen molar-refractivity contribution in [3.8, 4) is 22.9 Å². The molecule has 6 rings (SSSR count). The van der Waals surface area contributed by atoms with Crippen LogP contribution in [-0.4, -0.2) is 31.2 Å². The second-order valence-corrected chi connectivity index (χ2v) is 9.61. The van der Waals surface area contributed by atoms with E-state index in [1.54, 1.807) is 32.0 Å². The fraction of sp³-hybridized carbons (Fsp3) is 0.259. The first-order valence-corrected chi connectivity index (χ1v) is 11.8. The molecule has 0 amide bonds. The van der Waals surface area contributed by atoms with Crippen LogP contribution in [0.2, 0.25) is 0 Å². The van der Waals surface area contributed by atoms with Gasteiger partial charge in [-0.15, -0.1) is 0 Å². The lowest BCUT2D eigenvalue weighted by molar-refractivity contribution is -0.0506. The molecule has 0 saturated heterocycles. The Morgan fingerprint density at radius 2 is 2.00 bits per heavy atom. The number of ether oxygens (including phenoxy) is 2. The van der Waals surface area contributed by atoms with Crippen LogP contribution < -0.4 is 4.74 Å². The fourth-order valence-electron chi connectivity index (χ4n) is 5.14. The van der Waals surface area contributed by atoms with E-state index in [4.69, 9.17) is 9.47 Å². The Balaban J connectivity index is 1.55. The minimum absolute atomic E-state index is 0.0387. The maximum absolute atomic E-state index is 15.2. The van der Waals surface area contributed by atoms with E-state index in [1.165, 1.54) is 30.6 Å². The molecule has 2 aliphatic rings. The number of aliphatic hydroxyl groups is 1. The molecule has 2 atom stereocenters. The average Bonchev–Trinajstić information content (AvgIpc) is 3.33. The van der Waals surface area contributed by atoms with E-state index in [0.717, 1.165) is 0 Å². The highest BCUT2D eigenvalue weighted by atomic mass is 19.3. The number of hydrogen-bond acceptors (Lipinski definition) is 7. The topological polar surface area (TPSA) is 106 Å². The summed E-state index contributed by atoms with van der Waals surface area (Å²) in [5.74, 6) is 0.313. The Hall–Kier alpha value is -4.43. The van der Waals surface area contributed by atoms with Gasteiger partial charge < -0.3 is 19.1 Å². The third-order valence-electron chi connectivity index (χ3n) is 6.70. The first-order valence-electron chi connectivity index (χ1n) is 11.8. The molecule has 8 nitrogen and oxygen atoms in total. The average molecular weight is 519 g/mol. The van der Waals surface area contributed by atoms with E-state index in [9.17, 15) is 19.1 Å². The summed E-state index contributed by atoms with van der Waals surface area (Å²) in [6.07, 6.45) is 3.84. The number of imidazole rings is 1. The molecule has 2 aromatic heterocycles. The second kappa shape index (κ2) is 8.56. The predicted octanol–water partition coefficient (Wildman–Crippen LogP) is 5.39. The van der Waals surface area contributed by atoms with Crippen LogP contribution in [0.25, 0.3) is 27.9 Å². The molecule has 4 heterocycles. The number of fused-ring (bicyclic) bond motifs is 9. The number of allylic oxidation sites excluding steroid dienone is 1. The van der Waals surface area contributed by atoms with Crippen LogP contribution in [0.15, 0.2) is 48.8 Å². The quantitative estimate of drug-likeness (QED) is 0.360. The van der Waals surface area contributed by atoms with Crippen molar-refractivity contribution in [3.63, 3.8) is 0 Å². The molecule has 2 bridgehead atoms. The molecular formula is C27H20F3N5O3. The van der Waals surface area contributed by atoms with Gasteiger partial charge in [-0.05, 0) is 26.0 Å². The highest BCUT2D eigenvalue weighted by molar-refractivity contribution is 5.84. The molecule has 0 saturated carbocycles. The van der Waals surface area contributed by atoms with Crippen molar-refractivity contribution in [2.75, 3.05) is 0 Å². The minimum atomic E-state index is -3.06. The van der Waals surface area contributed by atoms with Crippen molar-refractivity contribution < 1.29 is 27.8 Å². The van der Waals surface area contributed by atoms with Crippen molar-refractivity contribution in [2.45, 2.75) is 44.6 Å². The van der Waals surface area contributed by atoms with E-state index in [1.807, 2.05) is 10.6 Å². The number of nitrogens with zero attached hydrogens (tertiary/aromatic N) is 5. The number of halogens is 3. The fourth-order valence-corrected chi connectivity index (χ4v) is 5.14. The Morgan fingerprint density at radius 1 is 1.24 bits per heavy atom. The van der Waals surface area contributed by atoms with Crippen molar-refractivity contribution in [1.82, 2.24) is 19.5 Å². The van der Waals surface area contributed by atoms with Crippen LogP contribution in [0.1, 0.15) is 55.2 Å². The van der Waals surface area contributed by atoms with Gasteiger partial charge in [0.15, 0.2) is 17.8 Å². The normalized spacial score (nSPS) is 19.2. The summed E-state index contributed by atoms with van der Waals surface area (Å²) in [6, 6.07) is 9.01. The first kappa shape index (κ1) is 23.9. The van der Waals surface area contributed by atoms with Gasteiger partial charge in [0.25, 0.3) is 0 Å². The Morgan fingerprint density at radius 3 is 2.68 bits per heavy atom. The molecule has 2 aliphatic heterocycles. The summed E-state index contributed by atoms with van der Waals surface area (Å²) in [5.41, 5.74) is 1.16. The molecule has 0 radical (unpaired) electrons. The zero-order valence-electron chi connectivity index (χ0n) is 20.2. The van der Waals surface area contributed by atoms with E-state index in [2.05, 4.69) is 15.0 Å². The van der Waals surface area contributed by atoms with Crippen molar-refractivity contribution >= 4 is 16.8 Å². The van der Waals surface area contributed by atoms with Crippen molar-refractivity contribution in [1.29, 1.82) is 5.26 Å². The van der Waals surface area contributed by atoms with Crippen molar-refractivity contribution in [3.05, 3.63) is 77.4 Å². The molecule has 0 unspecified atom stereocenters. The van der Waals surface area contributed by atoms with E-state index in [-0.39, 0.29) is 22.9 Å². The third-order valence-corrected chi connectivity index (χ3v) is 6.70. The zero-order chi connectivity index (χ0) is 26.8. The molecule has 4 aromatic rings. The van der Waals surface area contributed by atoms with Crippen LogP contribution in [0.3, 0.4) is 0 Å². The molecule has 2 aromatic carbocycles. The molecule has 38 heavy (non-hydrogen) atoms. The first-order chi connectivity index (χ1) is 18.2. The molecular weight excluding hydrogens is 499 g/mol. The highest BCUT2D eigenvalue weighted by Gasteiger charge is 2.43. The van der Waals surface area contributed by atoms with Gasteiger partial charge in [-0.25, -0.2) is 19.3 Å². The lowest BCUT2D eigenvalue weighted by atomic mass is 9.96. The lowest BCUT2D eigenvalue weighted by Crippen LogP contribution is -2.19. The number of nitriles is 1. The number of alkyl halides is 2. The van der Waals surface area contributed by atoms with E-state index >= 15 is 4.39 Å². The van der Waals surface area contributed by atoms with Gasteiger partial charge >= 0.3 is 6.61 Å². The minimum Gasteiger partial charge on any atom is -0.481 e. The van der Waals surface area contributed by atoms with Gasteiger partial charge in [0.05, 0.1) is 29.2 Å². The highest BCUT2D eigenvalue weighted by Crippen LogP contribution is 2.52. The number of rotatable bonds is 4. The molecule has 11 heteroatoms. The van der Waals surface area contributed by atoms with Crippen LogP contribution >= 0.6 is 0 Å². The van der Waals surface area contributed by atoms with Crippen molar-refractivity contribution in [2.24, 2.45) is 0 Å². The number of benzene rings is 2. The lowest BCUT2D eigenvalue weighted by Gasteiger charge is -2.22. The van der Waals surface area contributed by atoms with E-state index in [0.29, 0.717) is 40.0 Å². The smallest absolute Gasteiger partial charge is 0.387 e. The van der Waals surface area contributed by atoms with Gasteiger partial charge in [-0.1, -0.05) is 12.1 Å². The second-order valence-electron chi connectivity index (χ2n) is 9.61. The van der Waals surface area contributed by atoms with Crippen LogP contribution in [-0.2, 0) is 10.3 Å². The predicted molar refractivity (Wildman–Crippen MR) is 129 cm³/mol. The van der Waals surface area contributed by atoms with Gasteiger partial charge in [-0.2, -0.15) is 14.0 Å². The summed E-state index contributed by atoms with van der Waals surface area (Å²) in [6.45, 7) is 0.0416. The maximum atomic E-state index is 15.2. The summed E-state index contributed by atoms with van der Waals surface area (Å²) < 4.78 is 54.8. The van der Waals surface area contributed by atoms with Crippen LogP contribution in [0, 0.1) is 17.1 Å². The molecule has 0 spiro atoms. The summed E-state index contributed by atoms with van der Waals surface area (Å²) in [4.78, 5) is 13.0. The molecule has 192 valence electrons. The van der Waals surface area contributed by atoms with Gasteiger partial charge in [0.1, 0.15) is 22.9 Å².